The number of hydrogen-bond acceptors (Lipinski definition) is 4. The number of aromatic nitrogens is 1. The van der Waals surface area contributed by atoms with Crippen LogP contribution >= 0.6 is 0 Å². The summed E-state index contributed by atoms with van der Waals surface area (Å²) in [6.45, 7) is 4.52. The maximum atomic E-state index is 9.53. The molecule has 1 aromatic rings. The third-order valence-electron chi connectivity index (χ3n) is 2.54. The molecule has 1 aromatic heterocycles. The van der Waals surface area contributed by atoms with Crippen LogP contribution in [0.25, 0.3) is 0 Å². The molecule has 4 heteroatoms. The second kappa shape index (κ2) is 5.02. The summed E-state index contributed by atoms with van der Waals surface area (Å²) >= 11 is 0. The molecule has 0 aliphatic heterocycles. The lowest BCUT2D eigenvalue weighted by molar-refractivity contribution is 0.0283. The van der Waals surface area contributed by atoms with E-state index in [-0.39, 0.29) is 6.61 Å². The lowest BCUT2D eigenvalue weighted by Gasteiger charge is -2.17. The summed E-state index contributed by atoms with van der Waals surface area (Å²) < 4.78 is 5.43. The molecule has 0 amide bonds. The first-order valence-electron chi connectivity index (χ1n) is 6.06. The van der Waals surface area contributed by atoms with Crippen molar-refractivity contribution in [1.82, 2.24) is 10.3 Å². The fourth-order valence-corrected chi connectivity index (χ4v) is 1.40. The molecule has 1 aliphatic rings. The first kappa shape index (κ1) is 12.3. The van der Waals surface area contributed by atoms with E-state index in [0.717, 1.165) is 12.2 Å². The minimum Gasteiger partial charge on any atom is -0.489 e. The Labute approximate surface area is 102 Å². The molecule has 1 fully saturated rings. The maximum absolute atomic E-state index is 9.53. The average Bonchev–Trinajstić information content (AvgIpc) is 3.08. The average molecular weight is 236 g/mol. The normalized spacial score (nSPS) is 15.9. The minimum absolute atomic E-state index is 0.272. The molecule has 1 saturated carbocycles. The monoisotopic (exact) mass is 236 g/mol. The van der Waals surface area contributed by atoms with Crippen LogP contribution in [-0.4, -0.2) is 28.3 Å². The summed E-state index contributed by atoms with van der Waals surface area (Å²) in [6, 6.07) is 4.54. The van der Waals surface area contributed by atoms with E-state index in [1.165, 1.54) is 12.8 Å². The number of rotatable bonds is 6. The molecule has 94 valence electrons. The summed E-state index contributed by atoms with van der Waals surface area (Å²) in [6.07, 6.45) is 4.27. The van der Waals surface area contributed by atoms with E-state index in [2.05, 4.69) is 10.3 Å². The van der Waals surface area contributed by atoms with Crippen LogP contribution in [0.1, 0.15) is 32.4 Å². The van der Waals surface area contributed by atoms with Crippen LogP contribution in [0.3, 0.4) is 0 Å². The summed E-state index contributed by atoms with van der Waals surface area (Å²) in [5.41, 5.74) is 0.208. The molecule has 1 aliphatic carbocycles. The summed E-state index contributed by atoms with van der Waals surface area (Å²) in [7, 11) is 0. The van der Waals surface area contributed by atoms with E-state index in [1.807, 2.05) is 12.1 Å². The highest BCUT2D eigenvalue weighted by Gasteiger charge is 2.20. The fourth-order valence-electron chi connectivity index (χ4n) is 1.40. The Bertz CT molecular complexity index is 353. The van der Waals surface area contributed by atoms with E-state index in [9.17, 15) is 5.11 Å². The minimum atomic E-state index is -0.813. The number of ether oxygens (including phenoxy) is 1. The zero-order chi connectivity index (χ0) is 12.3. The molecule has 2 N–H and O–H groups in total. The molecule has 17 heavy (non-hydrogen) atoms. The molecule has 1 heterocycles. The Morgan fingerprint density at radius 3 is 2.76 bits per heavy atom. The topological polar surface area (TPSA) is 54.4 Å². The highest BCUT2D eigenvalue weighted by molar-refractivity contribution is 5.20. The Hall–Kier alpha value is -1.13. The van der Waals surface area contributed by atoms with Crippen molar-refractivity contribution < 1.29 is 9.84 Å². The van der Waals surface area contributed by atoms with Crippen LogP contribution in [0.2, 0.25) is 0 Å². The van der Waals surface area contributed by atoms with Crippen LogP contribution < -0.4 is 10.1 Å². The van der Waals surface area contributed by atoms with Crippen molar-refractivity contribution in [2.45, 2.75) is 44.9 Å². The van der Waals surface area contributed by atoms with Crippen molar-refractivity contribution in [1.29, 1.82) is 0 Å². The quantitative estimate of drug-likeness (QED) is 0.785. The molecule has 0 unspecified atom stereocenters. The van der Waals surface area contributed by atoms with E-state index >= 15 is 0 Å². The highest BCUT2D eigenvalue weighted by Crippen LogP contribution is 2.19. The van der Waals surface area contributed by atoms with E-state index in [4.69, 9.17) is 4.74 Å². The largest absolute Gasteiger partial charge is 0.489 e. The molecule has 0 radical (unpaired) electrons. The lowest BCUT2D eigenvalue weighted by atomic mass is 10.2. The highest BCUT2D eigenvalue weighted by atomic mass is 16.5. The van der Waals surface area contributed by atoms with Gasteiger partial charge in [0.25, 0.3) is 0 Å². The molecule has 2 rings (SSSR count). The van der Waals surface area contributed by atoms with Crippen LogP contribution in [0.15, 0.2) is 18.3 Å². The van der Waals surface area contributed by atoms with Crippen molar-refractivity contribution in [2.24, 2.45) is 0 Å². The molecule has 4 nitrogen and oxygen atoms in total. The van der Waals surface area contributed by atoms with Crippen molar-refractivity contribution in [3.8, 4) is 5.75 Å². The van der Waals surface area contributed by atoms with Gasteiger partial charge in [0, 0.05) is 12.6 Å². The second-order valence-electron chi connectivity index (χ2n) is 5.24. The maximum Gasteiger partial charge on any atom is 0.137 e. The fraction of sp³-hybridized carbons (Fsp3) is 0.615. The Morgan fingerprint density at radius 2 is 2.24 bits per heavy atom. The van der Waals surface area contributed by atoms with Crippen LogP contribution in [0, 0.1) is 0 Å². The second-order valence-corrected chi connectivity index (χ2v) is 5.24. The molecule has 0 spiro atoms. The van der Waals surface area contributed by atoms with Gasteiger partial charge in [-0.15, -0.1) is 0 Å². The van der Waals surface area contributed by atoms with Gasteiger partial charge in [0.15, 0.2) is 0 Å². The zero-order valence-electron chi connectivity index (χ0n) is 10.4. The zero-order valence-corrected chi connectivity index (χ0v) is 10.4. The van der Waals surface area contributed by atoms with Gasteiger partial charge < -0.3 is 15.2 Å². The number of nitrogens with one attached hydrogen (secondary N) is 1. The molecule has 0 atom stereocenters. The van der Waals surface area contributed by atoms with Gasteiger partial charge in [-0.1, -0.05) is 0 Å². The molecular weight excluding hydrogens is 216 g/mol. The third-order valence-corrected chi connectivity index (χ3v) is 2.54. The van der Waals surface area contributed by atoms with Gasteiger partial charge in [-0.05, 0) is 38.8 Å². The molecule has 0 aromatic carbocycles. The third kappa shape index (κ3) is 4.71. The van der Waals surface area contributed by atoms with Crippen molar-refractivity contribution in [3.05, 3.63) is 24.0 Å². The summed E-state index contributed by atoms with van der Waals surface area (Å²) in [4.78, 5) is 4.31. The van der Waals surface area contributed by atoms with E-state index < -0.39 is 5.60 Å². The predicted octanol–water partition coefficient (Wildman–Crippen LogP) is 1.48. The molecule has 0 bridgehead atoms. The van der Waals surface area contributed by atoms with Crippen LogP contribution in [0.5, 0.6) is 5.75 Å². The van der Waals surface area contributed by atoms with Gasteiger partial charge in [0.05, 0.1) is 17.5 Å². The van der Waals surface area contributed by atoms with Gasteiger partial charge in [-0.3, -0.25) is 4.98 Å². The van der Waals surface area contributed by atoms with Crippen molar-refractivity contribution in [3.63, 3.8) is 0 Å². The molecule has 0 saturated heterocycles. The Morgan fingerprint density at radius 1 is 1.47 bits per heavy atom. The summed E-state index contributed by atoms with van der Waals surface area (Å²) in [5, 5.41) is 12.9. The van der Waals surface area contributed by atoms with Gasteiger partial charge >= 0.3 is 0 Å². The number of pyridine rings is 1. The smallest absolute Gasteiger partial charge is 0.137 e. The van der Waals surface area contributed by atoms with Crippen molar-refractivity contribution in [2.75, 3.05) is 6.61 Å². The van der Waals surface area contributed by atoms with Gasteiger partial charge in [0.1, 0.15) is 12.4 Å². The lowest BCUT2D eigenvalue weighted by Crippen LogP contribution is -2.27. The predicted molar refractivity (Wildman–Crippen MR) is 65.9 cm³/mol. The standard InChI is InChI=1S/C13H20N2O2/c1-13(2,16)9-17-12-6-5-11(15-8-12)7-14-10-3-4-10/h5-6,8,10,14,16H,3-4,7,9H2,1-2H3. The summed E-state index contributed by atoms with van der Waals surface area (Å²) in [5.74, 6) is 0.697. The Kier molecular flexibility index (Phi) is 3.64. The van der Waals surface area contributed by atoms with Gasteiger partial charge in [-0.2, -0.15) is 0 Å². The molecular formula is C13H20N2O2. The Balaban J connectivity index is 1.79. The van der Waals surface area contributed by atoms with E-state index in [1.54, 1.807) is 20.0 Å². The number of hydrogen-bond donors (Lipinski definition) is 2. The van der Waals surface area contributed by atoms with Crippen LogP contribution in [0.4, 0.5) is 0 Å². The van der Waals surface area contributed by atoms with Crippen molar-refractivity contribution >= 4 is 0 Å². The number of nitrogens with zero attached hydrogens (tertiary/aromatic N) is 1. The van der Waals surface area contributed by atoms with Crippen LogP contribution in [-0.2, 0) is 6.54 Å². The van der Waals surface area contributed by atoms with E-state index in [0.29, 0.717) is 11.8 Å². The SMILES string of the molecule is CC(C)(O)COc1ccc(CNC2CC2)nc1. The van der Waals surface area contributed by atoms with Gasteiger partial charge in [-0.25, -0.2) is 0 Å². The first-order valence-corrected chi connectivity index (χ1v) is 6.06. The van der Waals surface area contributed by atoms with Gasteiger partial charge in [0.2, 0.25) is 0 Å². The first-order chi connectivity index (χ1) is 8.03. The number of aliphatic hydroxyl groups is 1.